The summed E-state index contributed by atoms with van der Waals surface area (Å²) in [7, 11) is 1.56. The molecule has 0 unspecified atom stereocenters. The third kappa shape index (κ3) is 2.94. The molecule has 17 heavy (non-hydrogen) atoms. The fourth-order valence-electron chi connectivity index (χ4n) is 1.44. The normalized spacial score (nSPS) is 10.3. The minimum atomic E-state index is -0.285. The number of aromatic nitrogens is 1. The Labute approximate surface area is 103 Å². The van der Waals surface area contributed by atoms with E-state index in [2.05, 4.69) is 10.3 Å². The Hall–Kier alpha value is -1.62. The number of benzene rings is 1. The Morgan fingerprint density at radius 3 is 2.94 bits per heavy atom. The molecular weight excluding hydrogens is 239 g/mol. The van der Waals surface area contributed by atoms with Crippen LogP contribution in [0.25, 0.3) is 0 Å². The monoisotopic (exact) mass is 252 g/mol. The standard InChI is InChI=1S/C12H13FN2OS/c1-8-14-6-10(17-8)7-15-12-5-9(16-2)3-4-11(12)13/h3-6,15H,7H2,1-2H3. The summed E-state index contributed by atoms with van der Waals surface area (Å²) in [6.45, 7) is 2.51. The van der Waals surface area contributed by atoms with Gasteiger partial charge >= 0.3 is 0 Å². The van der Waals surface area contributed by atoms with Gasteiger partial charge in [0.05, 0.1) is 24.3 Å². The highest BCUT2D eigenvalue weighted by Gasteiger charge is 2.04. The quantitative estimate of drug-likeness (QED) is 0.907. The van der Waals surface area contributed by atoms with Crippen molar-refractivity contribution < 1.29 is 9.13 Å². The maximum Gasteiger partial charge on any atom is 0.146 e. The minimum absolute atomic E-state index is 0.285. The number of halogens is 1. The van der Waals surface area contributed by atoms with E-state index in [1.54, 1.807) is 36.8 Å². The van der Waals surface area contributed by atoms with Crippen molar-refractivity contribution in [2.45, 2.75) is 13.5 Å². The first-order chi connectivity index (χ1) is 8.19. The Kier molecular flexibility index (Phi) is 3.58. The second kappa shape index (κ2) is 5.14. The van der Waals surface area contributed by atoms with Crippen LogP contribution in [-0.4, -0.2) is 12.1 Å². The molecular formula is C12H13FN2OS. The van der Waals surface area contributed by atoms with Crippen molar-refractivity contribution in [2.24, 2.45) is 0 Å². The first-order valence-corrected chi connectivity index (χ1v) is 5.99. The molecule has 2 aromatic rings. The third-order valence-corrected chi connectivity index (χ3v) is 3.21. The summed E-state index contributed by atoms with van der Waals surface area (Å²) < 4.78 is 18.5. The van der Waals surface area contributed by atoms with E-state index >= 15 is 0 Å². The number of thiazole rings is 1. The molecule has 0 radical (unpaired) electrons. The van der Waals surface area contributed by atoms with Gasteiger partial charge in [-0.1, -0.05) is 0 Å². The van der Waals surface area contributed by atoms with Crippen molar-refractivity contribution in [1.29, 1.82) is 0 Å². The van der Waals surface area contributed by atoms with Crippen molar-refractivity contribution in [2.75, 3.05) is 12.4 Å². The summed E-state index contributed by atoms with van der Waals surface area (Å²) in [6.07, 6.45) is 1.80. The summed E-state index contributed by atoms with van der Waals surface area (Å²) >= 11 is 1.60. The third-order valence-electron chi connectivity index (χ3n) is 2.30. The van der Waals surface area contributed by atoms with Crippen LogP contribution in [0.1, 0.15) is 9.88 Å². The molecule has 0 fully saturated rings. The zero-order chi connectivity index (χ0) is 12.3. The number of anilines is 1. The maximum absolute atomic E-state index is 13.5. The van der Waals surface area contributed by atoms with Crippen molar-refractivity contribution in [3.63, 3.8) is 0 Å². The van der Waals surface area contributed by atoms with E-state index in [1.165, 1.54) is 6.07 Å². The number of methoxy groups -OCH3 is 1. The van der Waals surface area contributed by atoms with E-state index in [0.717, 1.165) is 9.88 Å². The molecule has 0 aliphatic carbocycles. The molecule has 1 N–H and O–H groups in total. The number of nitrogens with zero attached hydrogens (tertiary/aromatic N) is 1. The largest absolute Gasteiger partial charge is 0.497 e. The number of aryl methyl sites for hydroxylation is 1. The lowest BCUT2D eigenvalue weighted by molar-refractivity contribution is 0.414. The minimum Gasteiger partial charge on any atom is -0.497 e. The summed E-state index contributed by atoms with van der Waals surface area (Å²) in [5.74, 6) is 0.349. The highest BCUT2D eigenvalue weighted by molar-refractivity contribution is 7.11. The van der Waals surface area contributed by atoms with E-state index in [4.69, 9.17) is 4.74 Å². The van der Waals surface area contributed by atoms with Gasteiger partial charge in [0.15, 0.2) is 0 Å². The number of nitrogens with one attached hydrogen (secondary N) is 1. The van der Waals surface area contributed by atoms with E-state index in [1.807, 2.05) is 6.92 Å². The average molecular weight is 252 g/mol. The molecule has 3 nitrogen and oxygen atoms in total. The van der Waals surface area contributed by atoms with Gasteiger partial charge in [0.2, 0.25) is 0 Å². The second-order valence-electron chi connectivity index (χ2n) is 3.54. The van der Waals surface area contributed by atoms with E-state index < -0.39 is 0 Å². The van der Waals surface area contributed by atoms with Crippen molar-refractivity contribution >= 4 is 17.0 Å². The van der Waals surface area contributed by atoms with Crippen LogP contribution in [0, 0.1) is 12.7 Å². The molecule has 1 aromatic heterocycles. The van der Waals surface area contributed by atoms with Crippen LogP contribution in [0.5, 0.6) is 5.75 Å². The molecule has 0 saturated carbocycles. The molecule has 0 atom stereocenters. The van der Waals surface area contributed by atoms with E-state index in [-0.39, 0.29) is 5.82 Å². The summed E-state index contributed by atoms with van der Waals surface area (Å²) in [6, 6.07) is 4.62. The molecule has 0 spiro atoms. The summed E-state index contributed by atoms with van der Waals surface area (Å²) in [5.41, 5.74) is 0.440. The predicted molar refractivity (Wildman–Crippen MR) is 67.1 cm³/mol. The zero-order valence-corrected chi connectivity index (χ0v) is 10.5. The highest BCUT2D eigenvalue weighted by Crippen LogP contribution is 2.22. The van der Waals surface area contributed by atoms with Gasteiger partial charge in [-0.05, 0) is 19.1 Å². The molecule has 0 aliphatic rings. The average Bonchev–Trinajstić information content (AvgIpc) is 2.74. The van der Waals surface area contributed by atoms with Crippen LogP contribution in [-0.2, 0) is 6.54 Å². The van der Waals surface area contributed by atoms with Gasteiger partial charge in [0.25, 0.3) is 0 Å². The van der Waals surface area contributed by atoms with Gasteiger partial charge in [-0.2, -0.15) is 0 Å². The molecule has 0 bridgehead atoms. The Morgan fingerprint density at radius 1 is 1.47 bits per heavy atom. The first-order valence-electron chi connectivity index (χ1n) is 5.18. The number of rotatable bonds is 4. The smallest absolute Gasteiger partial charge is 0.146 e. The number of hydrogen-bond acceptors (Lipinski definition) is 4. The van der Waals surface area contributed by atoms with Crippen molar-refractivity contribution in [3.8, 4) is 5.75 Å². The lowest BCUT2D eigenvalue weighted by Gasteiger charge is -2.07. The SMILES string of the molecule is COc1ccc(F)c(NCc2cnc(C)s2)c1. The Balaban J connectivity index is 2.07. The molecule has 5 heteroatoms. The van der Waals surface area contributed by atoms with Crippen LogP contribution >= 0.6 is 11.3 Å². The fraction of sp³-hybridized carbons (Fsp3) is 0.250. The molecule has 1 aromatic carbocycles. The van der Waals surface area contributed by atoms with Crippen molar-refractivity contribution in [1.82, 2.24) is 4.98 Å². The molecule has 2 rings (SSSR count). The number of hydrogen-bond donors (Lipinski definition) is 1. The second-order valence-corrected chi connectivity index (χ2v) is 4.86. The van der Waals surface area contributed by atoms with Crippen LogP contribution < -0.4 is 10.1 Å². The number of ether oxygens (including phenoxy) is 1. The van der Waals surface area contributed by atoms with E-state index in [9.17, 15) is 4.39 Å². The molecule has 0 amide bonds. The highest BCUT2D eigenvalue weighted by atomic mass is 32.1. The maximum atomic E-state index is 13.5. The molecule has 0 aliphatic heterocycles. The zero-order valence-electron chi connectivity index (χ0n) is 9.66. The molecule has 1 heterocycles. The van der Waals surface area contributed by atoms with Crippen LogP contribution in [0.15, 0.2) is 24.4 Å². The van der Waals surface area contributed by atoms with Crippen LogP contribution in [0.2, 0.25) is 0 Å². The molecule has 90 valence electrons. The van der Waals surface area contributed by atoms with Gasteiger partial charge < -0.3 is 10.1 Å². The first kappa shape index (κ1) is 11.9. The van der Waals surface area contributed by atoms with Gasteiger partial charge in [0, 0.05) is 17.1 Å². The van der Waals surface area contributed by atoms with Crippen LogP contribution in [0.4, 0.5) is 10.1 Å². The lowest BCUT2D eigenvalue weighted by atomic mass is 10.3. The van der Waals surface area contributed by atoms with Gasteiger partial charge in [-0.15, -0.1) is 11.3 Å². The van der Waals surface area contributed by atoms with Crippen molar-refractivity contribution in [3.05, 3.63) is 40.1 Å². The molecule has 0 saturated heterocycles. The Morgan fingerprint density at radius 2 is 2.29 bits per heavy atom. The topological polar surface area (TPSA) is 34.1 Å². The summed E-state index contributed by atoms with van der Waals surface area (Å²) in [4.78, 5) is 5.22. The van der Waals surface area contributed by atoms with Gasteiger partial charge in [0.1, 0.15) is 11.6 Å². The predicted octanol–water partition coefficient (Wildman–Crippen LogP) is 3.21. The summed E-state index contributed by atoms with van der Waals surface area (Å²) in [5, 5.41) is 4.04. The van der Waals surface area contributed by atoms with Gasteiger partial charge in [-0.3, -0.25) is 0 Å². The fourth-order valence-corrected chi connectivity index (χ4v) is 2.17. The van der Waals surface area contributed by atoms with Gasteiger partial charge in [-0.25, -0.2) is 9.37 Å². The van der Waals surface area contributed by atoms with Crippen LogP contribution in [0.3, 0.4) is 0 Å². The Bertz CT molecular complexity index is 513. The lowest BCUT2D eigenvalue weighted by Crippen LogP contribution is -2.00. The van der Waals surface area contributed by atoms with E-state index in [0.29, 0.717) is 18.0 Å².